The Hall–Kier alpha value is -3.77. The average Bonchev–Trinajstić information content (AvgIpc) is 3.55. The summed E-state index contributed by atoms with van der Waals surface area (Å²) in [5, 5.41) is 2.68. The summed E-state index contributed by atoms with van der Waals surface area (Å²) < 4.78 is 84.9. The van der Waals surface area contributed by atoms with Crippen LogP contribution in [0, 0.1) is 5.82 Å². The second kappa shape index (κ2) is 9.84. The highest BCUT2D eigenvalue weighted by molar-refractivity contribution is 7.89. The monoisotopic (exact) mass is 547 g/mol. The van der Waals surface area contributed by atoms with Gasteiger partial charge in [-0.15, -0.1) is 0 Å². The molecule has 12 heteroatoms. The second-order valence-electron chi connectivity index (χ2n) is 8.87. The fraction of sp³-hybridized carbons (Fsp3) is 0.231. The summed E-state index contributed by atoms with van der Waals surface area (Å²) in [6.45, 7) is 0.206. The Morgan fingerprint density at radius 2 is 1.89 bits per heavy atom. The number of carbonyl (C=O) groups is 1. The van der Waals surface area contributed by atoms with Gasteiger partial charge in [0.05, 0.1) is 0 Å². The lowest BCUT2D eigenvalue weighted by atomic mass is 10.0. The molecule has 0 radical (unpaired) electrons. The van der Waals surface area contributed by atoms with Crippen molar-refractivity contribution in [2.75, 3.05) is 6.54 Å². The number of halogens is 4. The molecule has 7 nitrogen and oxygen atoms in total. The van der Waals surface area contributed by atoms with Gasteiger partial charge in [-0.25, -0.2) is 12.8 Å². The van der Waals surface area contributed by atoms with Crippen LogP contribution in [0.4, 0.5) is 17.6 Å². The third-order valence-electron chi connectivity index (χ3n) is 6.31. The number of pyridine rings is 1. The van der Waals surface area contributed by atoms with Crippen LogP contribution >= 0.6 is 0 Å². The number of carbonyl (C=O) groups excluding carboxylic acids is 1. The lowest BCUT2D eigenvalue weighted by Gasteiger charge is -2.22. The Morgan fingerprint density at radius 1 is 1.08 bits per heavy atom. The maximum absolute atomic E-state index is 13.5. The van der Waals surface area contributed by atoms with Gasteiger partial charge in [-0.3, -0.25) is 9.78 Å². The quantitative estimate of drug-likeness (QED) is 0.338. The number of benzene rings is 2. The number of furan rings is 1. The largest absolute Gasteiger partial charge is 0.443 e. The van der Waals surface area contributed by atoms with Gasteiger partial charge in [0.15, 0.2) is 0 Å². The van der Waals surface area contributed by atoms with Crippen molar-refractivity contribution < 1.29 is 35.2 Å². The summed E-state index contributed by atoms with van der Waals surface area (Å²) in [5.74, 6) is -1.02. The van der Waals surface area contributed by atoms with Crippen LogP contribution in [0.1, 0.15) is 24.1 Å². The molecule has 1 saturated heterocycles. The molecule has 3 heterocycles. The molecule has 198 valence electrons. The number of hydrogen-bond donors (Lipinski definition) is 1. The van der Waals surface area contributed by atoms with Gasteiger partial charge in [-0.05, 0) is 54.3 Å². The van der Waals surface area contributed by atoms with E-state index >= 15 is 0 Å². The minimum Gasteiger partial charge on any atom is -0.443 e. The van der Waals surface area contributed by atoms with Gasteiger partial charge < -0.3 is 9.73 Å². The van der Waals surface area contributed by atoms with E-state index in [1.165, 1.54) is 24.3 Å². The Balaban J connectivity index is 1.28. The number of nitrogens with zero attached hydrogens (tertiary/aromatic N) is 2. The third kappa shape index (κ3) is 5.14. The van der Waals surface area contributed by atoms with E-state index in [9.17, 15) is 30.8 Å². The number of hydrogen-bond acceptors (Lipinski definition) is 5. The van der Waals surface area contributed by atoms with E-state index in [0.29, 0.717) is 34.9 Å². The van der Waals surface area contributed by atoms with E-state index in [1.54, 1.807) is 24.3 Å². The second-order valence-corrected chi connectivity index (χ2v) is 10.7. The molecule has 0 saturated carbocycles. The molecular weight excluding hydrogens is 526 g/mol. The number of amides is 1. The maximum atomic E-state index is 13.5. The van der Waals surface area contributed by atoms with Gasteiger partial charge in [0.1, 0.15) is 23.1 Å². The van der Waals surface area contributed by atoms with Gasteiger partial charge in [-0.2, -0.15) is 17.5 Å². The molecule has 38 heavy (non-hydrogen) atoms. The van der Waals surface area contributed by atoms with Crippen LogP contribution in [0.25, 0.3) is 22.1 Å². The highest BCUT2D eigenvalue weighted by atomic mass is 32.2. The number of rotatable bonds is 6. The molecule has 2 aromatic heterocycles. The smallest absolute Gasteiger partial charge is 0.433 e. The summed E-state index contributed by atoms with van der Waals surface area (Å²) in [6, 6.07) is 13.0. The van der Waals surface area contributed by atoms with Crippen LogP contribution in [-0.2, 0) is 27.5 Å². The summed E-state index contributed by atoms with van der Waals surface area (Å²) in [5.41, 5.74) is 0.987. The number of aromatic nitrogens is 1. The molecule has 1 aliphatic heterocycles. The van der Waals surface area contributed by atoms with Gasteiger partial charge in [-0.1, -0.05) is 24.3 Å². The highest BCUT2D eigenvalue weighted by Gasteiger charge is 2.41. The van der Waals surface area contributed by atoms with E-state index in [2.05, 4.69) is 10.3 Å². The first-order chi connectivity index (χ1) is 18.0. The molecule has 1 unspecified atom stereocenters. The van der Waals surface area contributed by atoms with Crippen molar-refractivity contribution in [3.8, 4) is 11.1 Å². The van der Waals surface area contributed by atoms with Crippen molar-refractivity contribution in [3.05, 3.63) is 83.9 Å². The normalized spacial score (nSPS) is 16.7. The zero-order chi connectivity index (χ0) is 27.1. The zero-order valence-electron chi connectivity index (χ0n) is 19.7. The first-order valence-corrected chi connectivity index (χ1v) is 13.1. The van der Waals surface area contributed by atoms with E-state index < -0.39 is 39.7 Å². The molecule has 1 fully saturated rings. The van der Waals surface area contributed by atoms with Crippen molar-refractivity contribution in [2.24, 2.45) is 0 Å². The molecular formula is C26H21F4N3O4S. The van der Waals surface area contributed by atoms with Gasteiger partial charge in [0.2, 0.25) is 11.0 Å². The van der Waals surface area contributed by atoms with E-state index in [4.69, 9.17) is 4.42 Å². The summed E-state index contributed by atoms with van der Waals surface area (Å²) >= 11 is 0. The third-order valence-corrected chi connectivity index (χ3v) is 8.07. The van der Waals surface area contributed by atoms with Crippen molar-refractivity contribution in [2.45, 2.75) is 36.7 Å². The Morgan fingerprint density at radius 3 is 2.63 bits per heavy atom. The SMILES string of the molecule is O=C(NCc1cccc(-c2ccc(C(F)(F)F)nc2)c1)C1CCCN1S(=O)(=O)c1cc2cc(F)ccc2o1. The fourth-order valence-electron chi connectivity index (χ4n) is 4.42. The summed E-state index contributed by atoms with van der Waals surface area (Å²) in [6.07, 6.45) is -2.61. The highest BCUT2D eigenvalue weighted by Crippen LogP contribution is 2.31. The van der Waals surface area contributed by atoms with Crippen molar-refractivity contribution in [3.63, 3.8) is 0 Å². The molecule has 0 aliphatic carbocycles. The first kappa shape index (κ1) is 25.9. The molecule has 0 spiro atoms. The van der Waals surface area contributed by atoms with E-state index in [1.807, 2.05) is 0 Å². The predicted octanol–water partition coefficient (Wildman–Crippen LogP) is 5.12. The van der Waals surface area contributed by atoms with Crippen LogP contribution in [0.3, 0.4) is 0 Å². The predicted molar refractivity (Wildman–Crippen MR) is 130 cm³/mol. The zero-order valence-corrected chi connectivity index (χ0v) is 20.5. The fourth-order valence-corrected chi connectivity index (χ4v) is 6.03. The van der Waals surface area contributed by atoms with Crippen molar-refractivity contribution in [1.29, 1.82) is 0 Å². The minimum atomic E-state index is -4.53. The first-order valence-electron chi connectivity index (χ1n) is 11.6. The Bertz CT molecular complexity index is 1600. The lowest BCUT2D eigenvalue weighted by molar-refractivity contribution is -0.141. The molecule has 1 N–H and O–H groups in total. The topological polar surface area (TPSA) is 92.5 Å². The van der Waals surface area contributed by atoms with Crippen LogP contribution in [0.15, 0.2) is 76.4 Å². The lowest BCUT2D eigenvalue weighted by Crippen LogP contribution is -2.45. The summed E-state index contributed by atoms with van der Waals surface area (Å²) in [4.78, 5) is 16.5. The molecule has 0 bridgehead atoms. The van der Waals surface area contributed by atoms with Gasteiger partial charge in [0.25, 0.3) is 10.0 Å². The van der Waals surface area contributed by atoms with Crippen molar-refractivity contribution in [1.82, 2.24) is 14.6 Å². The molecule has 2 aromatic carbocycles. The maximum Gasteiger partial charge on any atom is 0.433 e. The van der Waals surface area contributed by atoms with Gasteiger partial charge in [0, 0.05) is 36.3 Å². The molecule has 1 aliphatic rings. The Labute approximate surface area is 215 Å². The standard InChI is InChI=1S/C26H21F4N3O4S/c27-20-7-8-22-19(12-20)13-24(37-22)38(35,36)33-10-2-5-21(33)25(34)32-14-16-3-1-4-17(11-16)18-6-9-23(31-15-18)26(28,29)30/h1,3-4,6-9,11-13,15,21H,2,5,10,14H2,(H,32,34). The number of alkyl halides is 3. The van der Waals surface area contributed by atoms with Gasteiger partial charge >= 0.3 is 6.18 Å². The molecule has 1 amide bonds. The van der Waals surface area contributed by atoms with Crippen molar-refractivity contribution >= 4 is 26.9 Å². The van der Waals surface area contributed by atoms with Crippen LogP contribution < -0.4 is 5.32 Å². The van der Waals surface area contributed by atoms with E-state index in [-0.39, 0.29) is 23.8 Å². The number of fused-ring (bicyclic) bond motifs is 1. The van der Waals surface area contributed by atoms with Crippen LogP contribution in [0.2, 0.25) is 0 Å². The number of sulfonamides is 1. The minimum absolute atomic E-state index is 0.0784. The average molecular weight is 548 g/mol. The Kier molecular flexibility index (Phi) is 6.70. The summed E-state index contributed by atoms with van der Waals surface area (Å²) in [7, 11) is -4.15. The molecule has 4 aromatic rings. The number of nitrogens with one attached hydrogen (secondary N) is 1. The van der Waals surface area contributed by atoms with Crippen LogP contribution in [0.5, 0.6) is 0 Å². The molecule has 5 rings (SSSR count). The molecule has 1 atom stereocenters. The van der Waals surface area contributed by atoms with E-state index in [0.717, 1.165) is 22.6 Å². The van der Waals surface area contributed by atoms with Crippen LogP contribution in [-0.4, -0.2) is 36.2 Å².